The van der Waals surface area contributed by atoms with Crippen molar-refractivity contribution in [2.45, 2.75) is 31.3 Å². The third-order valence-electron chi connectivity index (χ3n) is 3.76. The topological polar surface area (TPSA) is 50.9 Å². The third kappa shape index (κ3) is 2.68. The van der Waals surface area contributed by atoms with Gasteiger partial charge in [0.05, 0.1) is 0 Å². The number of benzene rings is 1. The van der Waals surface area contributed by atoms with Gasteiger partial charge in [0.15, 0.2) is 5.13 Å². The van der Waals surface area contributed by atoms with Crippen LogP contribution < -0.4 is 11.1 Å². The van der Waals surface area contributed by atoms with Crippen LogP contribution in [0.3, 0.4) is 0 Å². The van der Waals surface area contributed by atoms with Crippen LogP contribution in [0, 0.1) is 0 Å². The van der Waals surface area contributed by atoms with Gasteiger partial charge in [0.1, 0.15) is 0 Å². The van der Waals surface area contributed by atoms with E-state index in [0.29, 0.717) is 5.13 Å². The van der Waals surface area contributed by atoms with E-state index in [0.717, 1.165) is 11.0 Å². The maximum Gasteiger partial charge on any atom is 0.180 e. The number of halogens is 1. The Morgan fingerprint density at radius 1 is 1.42 bits per heavy atom. The summed E-state index contributed by atoms with van der Waals surface area (Å²) in [6.45, 7) is 0.835. The van der Waals surface area contributed by atoms with Crippen LogP contribution in [0.15, 0.2) is 34.9 Å². The van der Waals surface area contributed by atoms with Crippen LogP contribution in [0.4, 0.5) is 5.13 Å². The Hall–Kier alpha value is -0.910. The lowest BCUT2D eigenvalue weighted by atomic mass is 9.72. The first-order chi connectivity index (χ1) is 9.18. The van der Waals surface area contributed by atoms with Gasteiger partial charge < -0.3 is 11.1 Å². The van der Waals surface area contributed by atoms with Crippen molar-refractivity contribution in [3.63, 3.8) is 0 Å². The highest BCUT2D eigenvalue weighted by atomic mass is 79.9. The van der Waals surface area contributed by atoms with Crippen molar-refractivity contribution in [1.29, 1.82) is 0 Å². The molecule has 1 aromatic heterocycles. The molecule has 3 nitrogen and oxygen atoms in total. The van der Waals surface area contributed by atoms with E-state index in [1.165, 1.54) is 29.7 Å². The summed E-state index contributed by atoms with van der Waals surface area (Å²) in [6, 6.07) is 8.59. The zero-order chi connectivity index (χ0) is 13.3. The largest absolute Gasteiger partial charge is 0.375 e. The molecule has 0 aliphatic heterocycles. The van der Waals surface area contributed by atoms with Crippen LogP contribution in [0.5, 0.6) is 0 Å². The second-order valence-corrected chi connectivity index (χ2v) is 7.03. The fraction of sp³-hybridized carbons (Fsp3) is 0.357. The molecular weight excluding hydrogens is 322 g/mol. The standard InChI is InChI=1S/C14H16BrN3S/c15-11-4-1-3-10(7-11)14(5-2-6-14)18-9-12-8-17-13(16)19-12/h1,3-4,7-8,18H,2,5-6,9H2,(H2,16,17). The highest BCUT2D eigenvalue weighted by Crippen LogP contribution is 2.42. The van der Waals surface area contributed by atoms with Crippen molar-refractivity contribution in [3.8, 4) is 0 Å². The monoisotopic (exact) mass is 337 g/mol. The maximum atomic E-state index is 5.67. The molecule has 5 heteroatoms. The van der Waals surface area contributed by atoms with Gasteiger partial charge in [-0.2, -0.15) is 0 Å². The Balaban J connectivity index is 1.76. The molecule has 2 aromatic rings. The molecule has 0 unspecified atom stereocenters. The predicted molar refractivity (Wildman–Crippen MR) is 83.0 cm³/mol. The number of aromatic nitrogens is 1. The number of nitrogens with two attached hydrogens (primary N) is 1. The quantitative estimate of drug-likeness (QED) is 0.895. The minimum Gasteiger partial charge on any atom is -0.375 e. The van der Waals surface area contributed by atoms with E-state index >= 15 is 0 Å². The van der Waals surface area contributed by atoms with Crippen molar-refractivity contribution in [2.24, 2.45) is 0 Å². The van der Waals surface area contributed by atoms with Gasteiger partial charge in [-0.05, 0) is 37.0 Å². The van der Waals surface area contributed by atoms with Crippen LogP contribution in [-0.2, 0) is 12.1 Å². The summed E-state index contributed by atoms with van der Waals surface area (Å²) >= 11 is 5.11. The molecule has 19 heavy (non-hydrogen) atoms. The number of hydrogen-bond acceptors (Lipinski definition) is 4. The lowest BCUT2D eigenvalue weighted by Gasteiger charge is -2.43. The summed E-state index contributed by atoms with van der Waals surface area (Å²) in [5.74, 6) is 0. The molecule has 1 aromatic carbocycles. The number of rotatable bonds is 4. The second kappa shape index (κ2) is 5.23. The van der Waals surface area contributed by atoms with Gasteiger partial charge in [-0.3, -0.25) is 0 Å². The molecule has 1 heterocycles. The van der Waals surface area contributed by atoms with Crippen molar-refractivity contribution in [3.05, 3.63) is 45.4 Å². The summed E-state index contributed by atoms with van der Waals surface area (Å²) in [5.41, 5.74) is 7.16. The molecule has 3 N–H and O–H groups in total. The average Bonchev–Trinajstić information content (AvgIpc) is 2.74. The van der Waals surface area contributed by atoms with E-state index in [1.807, 2.05) is 6.20 Å². The SMILES string of the molecule is Nc1ncc(CNC2(c3cccc(Br)c3)CCC2)s1. The number of nitrogens with one attached hydrogen (secondary N) is 1. The van der Waals surface area contributed by atoms with Gasteiger partial charge in [-0.15, -0.1) is 11.3 Å². The highest BCUT2D eigenvalue weighted by Gasteiger charge is 2.38. The molecule has 100 valence electrons. The molecule has 3 rings (SSSR count). The Kier molecular flexibility index (Phi) is 3.60. The van der Waals surface area contributed by atoms with Crippen molar-refractivity contribution in [2.75, 3.05) is 5.73 Å². The van der Waals surface area contributed by atoms with Gasteiger partial charge >= 0.3 is 0 Å². The Morgan fingerprint density at radius 2 is 2.26 bits per heavy atom. The number of hydrogen-bond donors (Lipinski definition) is 2. The van der Waals surface area contributed by atoms with Gasteiger partial charge in [0, 0.05) is 27.6 Å². The molecule has 0 atom stereocenters. The molecule has 0 spiro atoms. The van der Waals surface area contributed by atoms with Crippen molar-refractivity contribution < 1.29 is 0 Å². The minimum absolute atomic E-state index is 0.128. The number of nitrogens with zero attached hydrogens (tertiary/aromatic N) is 1. The maximum absolute atomic E-state index is 5.67. The van der Waals surface area contributed by atoms with E-state index in [4.69, 9.17) is 5.73 Å². The van der Waals surface area contributed by atoms with Gasteiger partial charge in [0.2, 0.25) is 0 Å². The first-order valence-corrected chi connectivity index (χ1v) is 8.00. The molecule has 1 aliphatic carbocycles. The molecule has 1 aliphatic rings. The number of nitrogen functional groups attached to an aromatic ring is 1. The van der Waals surface area contributed by atoms with Crippen LogP contribution >= 0.6 is 27.3 Å². The zero-order valence-electron chi connectivity index (χ0n) is 10.5. The van der Waals surface area contributed by atoms with Crippen molar-refractivity contribution >= 4 is 32.4 Å². The number of anilines is 1. The lowest BCUT2D eigenvalue weighted by Crippen LogP contribution is -2.47. The van der Waals surface area contributed by atoms with Crippen LogP contribution in [0.2, 0.25) is 0 Å². The predicted octanol–water partition coefficient (Wildman–Crippen LogP) is 3.66. The molecule has 0 saturated heterocycles. The summed E-state index contributed by atoms with van der Waals surface area (Å²) < 4.78 is 1.14. The van der Waals surface area contributed by atoms with Crippen molar-refractivity contribution in [1.82, 2.24) is 10.3 Å². The van der Waals surface area contributed by atoms with E-state index in [9.17, 15) is 0 Å². The molecule has 0 amide bonds. The molecule has 0 bridgehead atoms. The number of thiazole rings is 1. The molecular formula is C14H16BrN3S. The van der Waals surface area contributed by atoms with E-state index in [-0.39, 0.29) is 5.54 Å². The fourth-order valence-electron chi connectivity index (χ4n) is 2.54. The van der Waals surface area contributed by atoms with E-state index in [1.54, 1.807) is 11.3 Å². The summed E-state index contributed by atoms with van der Waals surface area (Å²) in [6.07, 6.45) is 5.53. The molecule has 0 radical (unpaired) electrons. The Morgan fingerprint density at radius 3 is 2.84 bits per heavy atom. The Labute approximate surface area is 125 Å². The first kappa shape index (κ1) is 13.1. The molecule has 1 fully saturated rings. The summed E-state index contributed by atoms with van der Waals surface area (Å²) in [4.78, 5) is 5.29. The Bertz CT molecular complexity index is 578. The van der Waals surface area contributed by atoms with Crippen LogP contribution in [-0.4, -0.2) is 4.98 Å². The lowest BCUT2D eigenvalue weighted by molar-refractivity contribution is 0.184. The highest BCUT2D eigenvalue weighted by molar-refractivity contribution is 9.10. The normalized spacial score (nSPS) is 17.1. The van der Waals surface area contributed by atoms with E-state index < -0.39 is 0 Å². The van der Waals surface area contributed by atoms with Crippen LogP contribution in [0.1, 0.15) is 29.7 Å². The van der Waals surface area contributed by atoms with Crippen LogP contribution in [0.25, 0.3) is 0 Å². The summed E-state index contributed by atoms with van der Waals surface area (Å²) in [5, 5.41) is 4.34. The van der Waals surface area contributed by atoms with Gasteiger partial charge in [-0.25, -0.2) is 4.98 Å². The first-order valence-electron chi connectivity index (χ1n) is 6.39. The fourth-order valence-corrected chi connectivity index (χ4v) is 3.57. The van der Waals surface area contributed by atoms with Gasteiger partial charge in [0.25, 0.3) is 0 Å². The minimum atomic E-state index is 0.128. The van der Waals surface area contributed by atoms with E-state index in [2.05, 4.69) is 50.5 Å². The smallest absolute Gasteiger partial charge is 0.180 e. The second-order valence-electron chi connectivity index (χ2n) is 4.96. The third-order valence-corrected chi connectivity index (χ3v) is 5.08. The summed E-state index contributed by atoms with van der Waals surface area (Å²) in [7, 11) is 0. The average molecular weight is 338 g/mol. The zero-order valence-corrected chi connectivity index (χ0v) is 12.9. The molecule has 1 saturated carbocycles. The van der Waals surface area contributed by atoms with Gasteiger partial charge in [-0.1, -0.05) is 28.1 Å².